The van der Waals surface area contributed by atoms with Crippen molar-refractivity contribution in [3.63, 3.8) is 0 Å². The molecule has 0 spiro atoms. The molecule has 0 aliphatic rings. The molecule has 7 N–H and O–H groups in total. The first-order valence-electron chi connectivity index (χ1n) is 14.0. The number of hydrogen-bond acceptors (Lipinski definition) is 6. The van der Waals surface area contributed by atoms with Gasteiger partial charge in [0.2, 0.25) is 17.7 Å². The average molecular weight is 591 g/mol. The van der Waals surface area contributed by atoms with Gasteiger partial charge in [0.25, 0.3) is 0 Å². The number of alkyl carbamates (subject to hydrolysis) is 1. The lowest BCUT2D eigenvalue weighted by molar-refractivity contribution is -0.131. The van der Waals surface area contributed by atoms with Crippen molar-refractivity contribution in [1.29, 1.82) is 0 Å². The first-order chi connectivity index (χ1) is 20.4. The van der Waals surface area contributed by atoms with Crippen molar-refractivity contribution in [1.82, 2.24) is 25.9 Å². The summed E-state index contributed by atoms with van der Waals surface area (Å²) in [6.45, 7) is 5.31. The zero-order valence-electron chi connectivity index (χ0n) is 24.7. The molecule has 0 bridgehead atoms. The van der Waals surface area contributed by atoms with Gasteiger partial charge in [-0.2, -0.15) is 0 Å². The predicted molar refractivity (Wildman–Crippen MR) is 162 cm³/mol. The van der Waals surface area contributed by atoms with Gasteiger partial charge in [0.05, 0.1) is 13.5 Å². The standard InChI is InChI=1S/C31H38N6O6/c1-31(2,3)43-30(41)37-26(15-27(32)38)29(40)36-25(13-19-17-35-23-8-6-5-7-21(19)23)28(39)33-12-11-18-16-34-24-10-9-20(42-4)14-22(18)24/h5-10,14,16-17,25-26,34-35H,11-13,15H2,1-4H3,(H2,32,38)(H,33,39)(H,36,40)(H,37,41)/t25-,26-/m0/s1. The Hall–Kier alpha value is -5.00. The summed E-state index contributed by atoms with van der Waals surface area (Å²) in [6.07, 6.45) is 2.99. The van der Waals surface area contributed by atoms with E-state index in [9.17, 15) is 19.2 Å². The molecule has 4 amide bonds. The quantitative estimate of drug-likeness (QED) is 0.148. The molecule has 0 saturated heterocycles. The smallest absolute Gasteiger partial charge is 0.408 e. The number of H-pyrrole nitrogens is 2. The summed E-state index contributed by atoms with van der Waals surface area (Å²) >= 11 is 0. The number of aromatic amines is 2. The molecule has 43 heavy (non-hydrogen) atoms. The number of carbonyl (C=O) groups is 4. The van der Waals surface area contributed by atoms with Crippen LogP contribution in [0.4, 0.5) is 4.79 Å². The number of benzene rings is 2. The number of ether oxygens (including phenoxy) is 2. The highest BCUT2D eigenvalue weighted by atomic mass is 16.6. The molecule has 2 atom stereocenters. The van der Waals surface area contributed by atoms with Crippen LogP contribution in [0.15, 0.2) is 54.9 Å². The van der Waals surface area contributed by atoms with Crippen LogP contribution in [0.5, 0.6) is 5.75 Å². The second kappa shape index (κ2) is 13.3. The van der Waals surface area contributed by atoms with Crippen LogP contribution in [-0.2, 0) is 32.0 Å². The number of nitrogens with two attached hydrogens (primary N) is 1. The van der Waals surface area contributed by atoms with Gasteiger partial charge in [-0.1, -0.05) is 18.2 Å². The fourth-order valence-electron chi connectivity index (χ4n) is 4.80. The van der Waals surface area contributed by atoms with E-state index in [0.717, 1.165) is 38.7 Å². The van der Waals surface area contributed by atoms with E-state index in [0.29, 0.717) is 13.0 Å². The van der Waals surface area contributed by atoms with Gasteiger partial charge in [0.1, 0.15) is 23.4 Å². The number of primary amides is 1. The molecule has 4 aromatic rings. The lowest BCUT2D eigenvalue weighted by Gasteiger charge is -2.25. The molecule has 228 valence electrons. The summed E-state index contributed by atoms with van der Waals surface area (Å²) < 4.78 is 10.6. The Labute approximate surface area is 249 Å². The summed E-state index contributed by atoms with van der Waals surface area (Å²) in [7, 11) is 1.60. The molecule has 0 aliphatic carbocycles. The number of nitrogens with one attached hydrogen (secondary N) is 5. The van der Waals surface area contributed by atoms with Crippen LogP contribution in [-0.4, -0.2) is 65.1 Å². The first kappa shape index (κ1) is 30.9. The third-order valence-electron chi connectivity index (χ3n) is 6.81. The Morgan fingerprint density at radius 3 is 2.28 bits per heavy atom. The second-order valence-corrected chi connectivity index (χ2v) is 11.3. The van der Waals surface area contributed by atoms with Crippen molar-refractivity contribution in [2.75, 3.05) is 13.7 Å². The van der Waals surface area contributed by atoms with Gasteiger partial charge in [-0.3, -0.25) is 14.4 Å². The van der Waals surface area contributed by atoms with E-state index in [4.69, 9.17) is 15.2 Å². The Morgan fingerprint density at radius 1 is 0.884 bits per heavy atom. The maximum absolute atomic E-state index is 13.5. The number of aromatic nitrogens is 2. The summed E-state index contributed by atoms with van der Waals surface area (Å²) in [5.41, 5.74) is 8.17. The number of fused-ring (bicyclic) bond motifs is 2. The lowest BCUT2D eigenvalue weighted by atomic mass is 10.0. The van der Waals surface area contributed by atoms with Gasteiger partial charge in [0.15, 0.2) is 0 Å². The number of para-hydroxylation sites is 1. The van der Waals surface area contributed by atoms with Gasteiger partial charge < -0.3 is 41.1 Å². The minimum atomic E-state index is -1.34. The molecule has 0 aliphatic heterocycles. The molecule has 12 heteroatoms. The molecule has 0 fully saturated rings. The second-order valence-electron chi connectivity index (χ2n) is 11.3. The van der Waals surface area contributed by atoms with Crippen LogP contribution < -0.4 is 26.4 Å². The van der Waals surface area contributed by atoms with Crippen LogP contribution in [0.1, 0.15) is 38.3 Å². The van der Waals surface area contributed by atoms with Crippen molar-refractivity contribution in [2.24, 2.45) is 5.73 Å². The molecule has 2 heterocycles. The van der Waals surface area contributed by atoms with E-state index in [-0.39, 0.29) is 6.42 Å². The van der Waals surface area contributed by atoms with E-state index in [2.05, 4.69) is 25.9 Å². The summed E-state index contributed by atoms with van der Waals surface area (Å²) in [5.74, 6) is -1.24. The predicted octanol–water partition coefficient (Wildman–Crippen LogP) is 2.81. The van der Waals surface area contributed by atoms with E-state index in [1.54, 1.807) is 34.1 Å². The van der Waals surface area contributed by atoms with Crippen molar-refractivity contribution in [3.8, 4) is 5.75 Å². The van der Waals surface area contributed by atoms with Crippen molar-refractivity contribution in [3.05, 3.63) is 66.0 Å². The fraction of sp³-hybridized carbons (Fsp3) is 0.355. The topological polar surface area (TPSA) is 180 Å². The van der Waals surface area contributed by atoms with Gasteiger partial charge in [0, 0.05) is 47.2 Å². The minimum Gasteiger partial charge on any atom is -0.497 e. The molecule has 0 radical (unpaired) electrons. The summed E-state index contributed by atoms with van der Waals surface area (Å²) in [5, 5.41) is 9.93. The monoisotopic (exact) mass is 590 g/mol. The molecule has 12 nitrogen and oxygen atoms in total. The Bertz CT molecular complexity index is 1620. The number of amides is 4. The molecule has 0 unspecified atom stereocenters. The number of hydrogen-bond donors (Lipinski definition) is 6. The van der Waals surface area contributed by atoms with E-state index >= 15 is 0 Å². The fourth-order valence-corrected chi connectivity index (χ4v) is 4.80. The molecular weight excluding hydrogens is 552 g/mol. The molecule has 0 saturated carbocycles. The highest BCUT2D eigenvalue weighted by Gasteiger charge is 2.30. The van der Waals surface area contributed by atoms with Crippen LogP contribution in [0.2, 0.25) is 0 Å². The number of carbonyl (C=O) groups excluding carboxylic acids is 4. The van der Waals surface area contributed by atoms with E-state index in [1.165, 1.54) is 0 Å². The van der Waals surface area contributed by atoms with Crippen LogP contribution in [0.3, 0.4) is 0 Å². The summed E-state index contributed by atoms with van der Waals surface area (Å²) in [6, 6.07) is 11.0. The molecular formula is C31H38N6O6. The highest BCUT2D eigenvalue weighted by Crippen LogP contribution is 2.24. The van der Waals surface area contributed by atoms with Crippen LogP contribution in [0.25, 0.3) is 21.8 Å². The minimum absolute atomic E-state index is 0.154. The van der Waals surface area contributed by atoms with Gasteiger partial charge >= 0.3 is 6.09 Å². The highest BCUT2D eigenvalue weighted by molar-refractivity contribution is 5.94. The zero-order valence-corrected chi connectivity index (χ0v) is 24.7. The zero-order chi connectivity index (χ0) is 31.1. The molecule has 2 aromatic carbocycles. The van der Waals surface area contributed by atoms with Crippen LogP contribution >= 0.6 is 0 Å². The van der Waals surface area contributed by atoms with E-state index < -0.39 is 47.9 Å². The third kappa shape index (κ3) is 8.28. The van der Waals surface area contributed by atoms with Crippen molar-refractivity contribution >= 4 is 45.6 Å². The largest absolute Gasteiger partial charge is 0.497 e. The Balaban J connectivity index is 1.50. The molecule has 4 rings (SSSR count). The average Bonchev–Trinajstić information content (AvgIpc) is 3.54. The molecule has 2 aromatic heterocycles. The lowest BCUT2D eigenvalue weighted by Crippen LogP contribution is -2.55. The van der Waals surface area contributed by atoms with E-state index in [1.807, 2.05) is 48.7 Å². The first-order valence-corrected chi connectivity index (χ1v) is 14.0. The Kier molecular flexibility index (Phi) is 9.59. The number of rotatable bonds is 12. The maximum Gasteiger partial charge on any atom is 0.408 e. The van der Waals surface area contributed by atoms with Crippen molar-refractivity contribution < 1.29 is 28.7 Å². The van der Waals surface area contributed by atoms with Crippen LogP contribution in [0, 0.1) is 0 Å². The SMILES string of the molecule is COc1ccc2[nH]cc(CCNC(=O)[C@H](Cc3c[nH]c4ccccc34)NC(=O)[C@H](CC(N)=O)NC(=O)OC(C)(C)C)c2c1. The Morgan fingerprint density at radius 2 is 1.58 bits per heavy atom. The third-order valence-corrected chi connectivity index (χ3v) is 6.81. The van der Waals surface area contributed by atoms with Gasteiger partial charge in [-0.25, -0.2) is 4.79 Å². The normalized spacial score (nSPS) is 12.8. The van der Waals surface area contributed by atoms with Gasteiger partial charge in [-0.15, -0.1) is 0 Å². The summed E-state index contributed by atoms with van der Waals surface area (Å²) in [4.78, 5) is 57.4. The number of methoxy groups -OCH3 is 1. The maximum atomic E-state index is 13.5. The van der Waals surface area contributed by atoms with Crippen molar-refractivity contribution in [2.45, 2.75) is 57.7 Å². The van der Waals surface area contributed by atoms with Gasteiger partial charge in [-0.05, 0) is 62.6 Å².